The van der Waals surface area contributed by atoms with Crippen molar-refractivity contribution in [3.05, 3.63) is 24.0 Å². The SMILES string of the molecule is CC(SS)c1ccc(N2CCC[C@](O)(C(C)(C)N(C)C)C2)cn1. The van der Waals surface area contributed by atoms with Gasteiger partial charge in [0.25, 0.3) is 0 Å². The van der Waals surface area contributed by atoms with Crippen molar-refractivity contribution in [3.63, 3.8) is 0 Å². The second-order valence-corrected chi connectivity index (χ2v) is 8.75. The van der Waals surface area contributed by atoms with Crippen LogP contribution in [0.25, 0.3) is 0 Å². The summed E-state index contributed by atoms with van der Waals surface area (Å²) in [6.07, 6.45) is 3.73. The molecule has 4 nitrogen and oxygen atoms in total. The maximum absolute atomic E-state index is 11.3. The lowest BCUT2D eigenvalue weighted by Crippen LogP contribution is -2.65. The normalized spacial score (nSPS) is 24.1. The molecule has 1 unspecified atom stereocenters. The number of β-amino-alcohol motifs (C(OH)–C–C–N with tert-alkyl or cyclic N) is 1. The number of anilines is 1. The molecule has 1 fully saturated rings. The van der Waals surface area contributed by atoms with Gasteiger partial charge in [-0.05, 0) is 59.8 Å². The van der Waals surface area contributed by atoms with Crippen molar-refractivity contribution < 1.29 is 5.11 Å². The van der Waals surface area contributed by atoms with Crippen LogP contribution in [0.3, 0.4) is 0 Å². The minimum Gasteiger partial charge on any atom is -0.386 e. The number of aromatic nitrogens is 1. The fourth-order valence-corrected chi connectivity index (χ4v) is 3.62. The van der Waals surface area contributed by atoms with Crippen molar-refractivity contribution in [1.29, 1.82) is 0 Å². The molecular formula is C17H29N3OS2. The third-order valence-corrected chi connectivity index (χ3v) is 6.94. The lowest BCUT2D eigenvalue weighted by molar-refractivity contribution is -0.0882. The summed E-state index contributed by atoms with van der Waals surface area (Å²) >= 11 is 4.26. The van der Waals surface area contributed by atoms with Crippen LogP contribution in [-0.4, -0.2) is 53.3 Å². The van der Waals surface area contributed by atoms with Gasteiger partial charge in [-0.2, -0.15) is 0 Å². The molecule has 1 aromatic heterocycles. The Bertz CT molecular complexity index is 521. The van der Waals surface area contributed by atoms with Gasteiger partial charge in [0.15, 0.2) is 0 Å². The Morgan fingerprint density at radius 1 is 1.43 bits per heavy atom. The predicted octanol–water partition coefficient (Wildman–Crippen LogP) is 3.39. The van der Waals surface area contributed by atoms with Gasteiger partial charge in [0.05, 0.1) is 28.4 Å². The molecule has 2 atom stereocenters. The number of piperidine rings is 1. The molecule has 6 heteroatoms. The zero-order chi connectivity index (χ0) is 17.3. The van der Waals surface area contributed by atoms with E-state index in [2.05, 4.69) is 59.3 Å². The largest absolute Gasteiger partial charge is 0.386 e. The van der Waals surface area contributed by atoms with Crippen LogP contribution in [0.5, 0.6) is 0 Å². The molecule has 2 heterocycles. The minimum atomic E-state index is -0.734. The first-order chi connectivity index (χ1) is 10.7. The Balaban J connectivity index is 2.18. The maximum atomic E-state index is 11.3. The summed E-state index contributed by atoms with van der Waals surface area (Å²) < 4.78 is 0. The van der Waals surface area contributed by atoms with Crippen LogP contribution in [-0.2, 0) is 0 Å². The predicted molar refractivity (Wildman–Crippen MR) is 103 cm³/mol. The number of pyridine rings is 1. The fraction of sp³-hybridized carbons (Fsp3) is 0.706. The van der Waals surface area contributed by atoms with Crippen LogP contribution < -0.4 is 4.90 Å². The summed E-state index contributed by atoms with van der Waals surface area (Å²) in [6.45, 7) is 7.92. The van der Waals surface area contributed by atoms with E-state index in [1.54, 1.807) is 0 Å². The first kappa shape index (κ1) is 18.9. The highest BCUT2D eigenvalue weighted by Crippen LogP contribution is 2.36. The second-order valence-electron chi connectivity index (χ2n) is 7.20. The van der Waals surface area contributed by atoms with Gasteiger partial charge in [-0.15, -0.1) is 11.7 Å². The molecule has 1 N–H and O–H groups in total. The zero-order valence-electron chi connectivity index (χ0n) is 14.8. The lowest BCUT2D eigenvalue weighted by atomic mass is 9.76. The van der Waals surface area contributed by atoms with Crippen LogP contribution in [0, 0.1) is 0 Å². The van der Waals surface area contributed by atoms with E-state index >= 15 is 0 Å². The molecule has 0 radical (unpaired) electrons. The van der Waals surface area contributed by atoms with E-state index < -0.39 is 5.60 Å². The fourth-order valence-electron chi connectivity index (χ4n) is 3.05. The number of hydrogen-bond acceptors (Lipinski definition) is 6. The Hall–Kier alpha value is -0.430. The third kappa shape index (κ3) is 3.81. The first-order valence-electron chi connectivity index (χ1n) is 8.12. The lowest BCUT2D eigenvalue weighted by Gasteiger charge is -2.52. The molecule has 1 aliphatic heterocycles. The highest BCUT2D eigenvalue weighted by atomic mass is 33.1. The molecular weight excluding hydrogens is 326 g/mol. The van der Waals surface area contributed by atoms with Crippen molar-refractivity contribution in [1.82, 2.24) is 9.88 Å². The van der Waals surface area contributed by atoms with E-state index in [0.717, 1.165) is 30.8 Å². The molecule has 0 saturated carbocycles. The summed E-state index contributed by atoms with van der Waals surface area (Å²) in [6, 6.07) is 4.17. The number of aliphatic hydroxyl groups is 1. The number of thiol groups is 1. The third-order valence-electron chi connectivity index (χ3n) is 5.44. The summed E-state index contributed by atoms with van der Waals surface area (Å²) in [5.74, 6) is 0. The molecule has 0 aromatic carbocycles. The molecule has 0 aliphatic carbocycles. The quantitative estimate of drug-likeness (QED) is 0.626. The van der Waals surface area contributed by atoms with Crippen molar-refractivity contribution in [2.45, 2.75) is 50.0 Å². The summed E-state index contributed by atoms with van der Waals surface area (Å²) in [4.78, 5) is 8.93. The summed E-state index contributed by atoms with van der Waals surface area (Å²) in [5.41, 5.74) is 1.10. The van der Waals surface area contributed by atoms with Gasteiger partial charge in [0.2, 0.25) is 0 Å². The Morgan fingerprint density at radius 3 is 2.65 bits per heavy atom. The molecule has 0 amide bonds. The summed E-state index contributed by atoms with van der Waals surface area (Å²) in [5, 5.41) is 11.5. The van der Waals surface area contributed by atoms with Gasteiger partial charge < -0.3 is 14.9 Å². The van der Waals surface area contributed by atoms with E-state index in [-0.39, 0.29) is 10.8 Å². The van der Waals surface area contributed by atoms with E-state index in [1.165, 1.54) is 10.8 Å². The van der Waals surface area contributed by atoms with Gasteiger partial charge in [0, 0.05) is 18.6 Å². The van der Waals surface area contributed by atoms with Gasteiger partial charge in [0.1, 0.15) is 0 Å². The smallest absolute Gasteiger partial charge is 0.0999 e. The Kier molecular flexibility index (Phi) is 5.93. The van der Waals surface area contributed by atoms with Crippen molar-refractivity contribution in [2.75, 3.05) is 32.1 Å². The molecule has 1 saturated heterocycles. The van der Waals surface area contributed by atoms with Crippen LogP contribution in [0.1, 0.15) is 44.6 Å². The van der Waals surface area contributed by atoms with Gasteiger partial charge in [-0.1, -0.05) is 10.8 Å². The van der Waals surface area contributed by atoms with Crippen molar-refractivity contribution in [3.8, 4) is 0 Å². The Morgan fingerprint density at radius 2 is 2.13 bits per heavy atom. The molecule has 1 aliphatic rings. The molecule has 130 valence electrons. The topological polar surface area (TPSA) is 39.6 Å². The molecule has 1 aromatic rings. The monoisotopic (exact) mass is 355 g/mol. The van der Waals surface area contributed by atoms with E-state index in [9.17, 15) is 5.11 Å². The zero-order valence-corrected chi connectivity index (χ0v) is 16.5. The summed E-state index contributed by atoms with van der Waals surface area (Å²) in [7, 11) is 5.56. The number of hydrogen-bond donors (Lipinski definition) is 2. The Labute approximate surface area is 149 Å². The van der Waals surface area contributed by atoms with E-state index in [1.807, 2.05) is 20.3 Å². The minimum absolute atomic E-state index is 0.276. The van der Waals surface area contributed by atoms with Crippen LogP contribution in [0.2, 0.25) is 0 Å². The number of rotatable bonds is 5. The van der Waals surface area contributed by atoms with Gasteiger partial charge in [-0.3, -0.25) is 4.98 Å². The first-order valence-corrected chi connectivity index (χ1v) is 10.1. The second kappa shape index (κ2) is 7.21. The standard InChI is InChI=1S/C17H29N3OS2/c1-13(23-22)15-8-7-14(11-18-15)20-10-6-9-17(21,12-20)16(2,3)19(4)5/h7-8,11,13,21-22H,6,9-10,12H2,1-5H3/t13?,17-/m1/s1. The van der Waals surface area contributed by atoms with Crippen LogP contribution >= 0.6 is 22.5 Å². The molecule has 0 spiro atoms. The van der Waals surface area contributed by atoms with Gasteiger partial charge in [-0.25, -0.2) is 0 Å². The van der Waals surface area contributed by atoms with E-state index in [0.29, 0.717) is 6.54 Å². The average Bonchev–Trinajstić information content (AvgIpc) is 2.54. The van der Waals surface area contributed by atoms with E-state index in [4.69, 9.17) is 0 Å². The molecule has 2 rings (SSSR count). The average molecular weight is 356 g/mol. The van der Waals surface area contributed by atoms with Crippen LogP contribution in [0.4, 0.5) is 5.69 Å². The van der Waals surface area contributed by atoms with Crippen molar-refractivity contribution >= 4 is 28.1 Å². The number of nitrogens with zero attached hydrogens (tertiary/aromatic N) is 3. The highest BCUT2D eigenvalue weighted by Gasteiger charge is 2.47. The maximum Gasteiger partial charge on any atom is 0.0999 e. The van der Waals surface area contributed by atoms with Crippen LogP contribution in [0.15, 0.2) is 18.3 Å². The number of likely N-dealkylation sites (N-methyl/N-ethyl adjacent to an activating group) is 1. The highest BCUT2D eigenvalue weighted by molar-refractivity contribution is 8.68. The van der Waals surface area contributed by atoms with Crippen molar-refractivity contribution in [2.24, 2.45) is 0 Å². The molecule has 23 heavy (non-hydrogen) atoms. The molecule has 0 bridgehead atoms. The van der Waals surface area contributed by atoms with Gasteiger partial charge >= 0.3 is 0 Å².